The molecule has 1 N–H and O–H groups in total. The van der Waals surface area contributed by atoms with Crippen LogP contribution in [0.15, 0.2) is 18.5 Å². The van der Waals surface area contributed by atoms with Crippen molar-refractivity contribution in [3.05, 3.63) is 52.4 Å². The molecular formula is C22H30N6S. The second-order valence-electron chi connectivity index (χ2n) is 8.13. The van der Waals surface area contributed by atoms with Gasteiger partial charge in [-0.15, -0.1) is 0 Å². The number of anilines is 2. The van der Waals surface area contributed by atoms with Crippen molar-refractivity contribution in [3.63, 3.8) is 0 Å². The van der Waals surface area contributed by atoms with E-state index in [1.165, 1.54) is 34.0 Å². The normalized spacial score (nSPS) is 14.4. The molecule has 0 bridgehead atoms. The van der Waals surface area contributed by atoms with Crippen molar-refractivity contribution in [2.45, 2.75) is 66.6 Å². The molecule has 29 heavy (non-hydrogen) atoms. The second-order valence-corrected chi connectivity index (χ2v) is 8.93. The maximum absolute atomic E-state index is 4.55. The molecule has 0 amide bonds. The van der Waals surface area contributed by atoms with Crippen molar-refractivity contribution in [2.24, 2.45) is 0 Å². The van der Waals surface area contributed by atoms with E-state index in [1.54, 1.807) is 6.33 Å². The number of aryl methyl sites for hydroxylation is 2. The Morgan fingerprint density at radius 1 is 1.21 bits per heavy atom. The van der Waals surface area contributed by atoms with Crippen LogP contribution >= 0.6 is 11.5 Å². The second kappa shape index (κ2) is 8.24. The SMILES string of the molecule is CCc1cc(Nc2ncnc3c2CN(Cc2cc(C)n(C(C)C)c2C)CC3)sn1. The van der Waals surface area contributed by atoms with E-state index < -0.39 is 0 Å². The van der Waals surface area contributed by atoms with Gasteiger partial charge in [0.25, 0.3) is 0 Å². The minimum absolute atomic E-state index is 0.488. The summed E-state index contributed by atoms with van der Waals surface area (Å²) in [7, 11) is 0. The first kappa shape index (κ1) is 20.0. The van der Waals surface area contributed by atoms with Crippen molar-refractivity contribution in [1.82, 2.24) is 23.8 Å². The van der Waals surface area contributed by atoms with Crippen LogP contribution in [0.2, 0.25) is 0 Å². The molecule has 3 aromatic heterocycles. The third kappa shape index (κ3) is 4.07. The predicted octanol–water partition coefficient (Wildman–Crippen LogP) is 4.80. The van der Waals surface area contributed by atoms with Crippen molar-refractivity contribution >= 4 is 22.4 Å². The summed E-state index contributed by atoms with van der Waals surface area (Å²) in [6.07, 6.45) is 3.58. The highest BCUT2D eigenvalue weighted by Gasteiger charge is 2.23. The maximum atomic E-state index is 4.55. The molecule has 7 heteroatoms. The highest BCUT2D eigenvalue weighted by molar-refractivity contribution is 7.10. The van der Waals surface area contributed by atoms with E-state index in [4.69, 9.17) is 0 Å². The Morgan fingerprint density at radius 2 is 2.03 bits per heavy atom. The standard InChI is InChI=1S/C22H30N6S/c1-6-18-10-21(29-26-18)25-22-19-12-27(8-7-20(19)23-13-24-22)11-17-9-15(4)28(14(2)3)16(17)5/h9-10,13-14H,6-8,11-12H2,1-5H3,(H,23,24,25). The molecule has 154 valence electrons. The molecule has 0 saturated heterocycles. The first-order chi connectivity index (χ1) is 14.0. The van der Waals surface area contributed by atoms with E-state index in [1.807, 2.05) is 0 Å². The van der Waals surface area contributed by atoms with Gasteiger partial charge in [0.15, 0.2) is 0 Å². The fraction of sp³-hybridized carbons (Fsp3) is 0.500. The van der Waals surface area contributed by atoms with Gasteiger partial charge in [-0.3, -0.25) is 4.90 Å². The molecule has 4 rings (SSSR count). The van der Waals surface area contributed by atoms with Crippen LogP contribution in [0.1, 0.15) is 60.7 Å². The minimum atomic E-state index is 0.488. The lowest BCUT2D eigenvalue weighted by atomic mass is 10.1. The van der Waals surface area contributed by atoms with E-state index in [-0.39, 0.29) is 0 Å². The van der Waals surface area contributed by atoms with E-state index in [0.717, 1.165) is 54.7 Å². The van der Waals surface area contributed by atoms with E-state index in [0.29, 0.717) is 6.04 Å². The molecule has 1 aliphatic rings. The van der Waals surface area contributed by atoms with Crippen molar-refractivity contribution in [2.75, 3.05) is 11.9 Å². The van der Waals surface area contributed by atoms with E-state index in [2.05, 4.69) is 75.9 Å². The Balaban J connectivity index is 1.54. The monoisotopic (exact) mass is 410 g/mol. The lowest BCUT2D eigenvalue weighted by molar-refractivity contribution is 0.243. The third-order valence-electron chi connectivity index (χ3n) is 5.74. The smallest absolute Gasteiger partial charge is 0.139 e. The molecule has 0 unspecified atom stereocenters. The number of nitrogens with one attached hydrogen (secondary N) is 1. The van der Waals surface area contributed by atoms with Crippen LogP contribution in [0, 0.1) is 13.8 Å². The van der Waals surface area contributed by atoms with Crippen LogP contribution in [0.3, 0.4) is 0 Å². The summed E-state index contributed by atoms with van der Waals surface area (Å²) >= 11 is 1.49. The van der Waals surface area contributed by atoms with Crippen LogP contribution in [0.5, 0.6) is 0 Å². The lowest BCUT2D eigenvalue weighted by Gasteiger charge is -2.29. The van der Waals surface area contributed by atoms with Gasteiger partial charge < -0.3 is 9.88 Å². The van der Waals surface area contributed by atoms with Gasteiger partial charge in [0.2, 0.25) is 0 Å². The zero-order valence-corrected chi connectivity index (χ0v) is 18.8. The van der Waals surface area contributed by atoms with Crippen LogP contribution < -0.4 is 5.32 Å². The zero-order valence-electron chi connectivity index (χ0n) is 18.0. The van der Waals surface area contributed by atoms with Gasteiger partial charge in [-0.25, -0.2) is 9.97 Å². The summed E-state index contributed by atoms with van der Waals surface area (Å²) in [6.45, 7) is 13.9. The highest BCUT2D eigenvalue weighted by Crippen LogP contribution is 2.29. The molecule has 6 nitrogen and oxygen atoms in total. The third-order valence-corrected chi connectivity index (χ3v) is 6.49. The average Bonchev–Trinajstić information content (AvgIpc) is 3.26. The summed E-state index contributed by atoms with van der Waals surface area (Å²) < 4.78 is 6.90. The van der Waals surface area contributed by atoms with Crippen LogP contribution in [-0.4, -0.2) is 30.4 Å². The Bertz CT molecular complexity index is 1000. The largest absolute Gasteiger partial charge is 0.346 e. The fourth-order valence-corrected chi connectivity index (χ4v) is 5.06. The minimum Gasteiger partial charge on any atom is -0.346 e. The summed E-state index contributed by atoms with van der Waals surface area (Å²) in [4.78, 5) is 11.6. The Labute approximate surface area is 177 Å². The molecular weight excluding hydrogens is 380 g/mol. The zero-order chi connectivity index (χ0) is 20.5. The number of fused-ring (bicyclic) bond motifs is 1. The van der Waals surface area contributed by atoms with Crippen molar-refractivity contribution in [3.8, 4) is 0 Å². The Hall–Kier alpha value is -2.25. The first-order valence-electron chi connectivity index (χ1n) is 10.4. The van der Waals surface area contributed by atoms with Crippen molar-refractivity contribution in [1.29, 1.82) is 0 Å². The summed E-state index contributed by atoms with van der Waals surface area (Å²) in [5, 5.41) is 4.53. The quantitative estimate of drug-likeness (QED) is 0.633. The first-order valence-corrected chi connectivity index (χ1v) is 11.2. The topological polar surface area (TPSA) is 58.9 Å². The van der Waals surface area contributed by atoms with Gasteiger partial charge in [0.05, 0.1) is 11.4 Å². The maximum Gasteiger partial charge on any atom is 0.139 e. The number of nitrogens with zero attached hydrogens (tertiary/aromatic N) is 5. The molecule has 0 fully saturated rings. The Kier molecular flexibility index (Phi) is 5.69. The number of hydrogen-bond acceptors (Lipinski definition) is 6. The molecule has 0 spiro atoms. The molecule has 3 aromatic rings. The molecule has 0 aromatic carbocycles. The number of hydrogen-bond donors (Lipinski definition) is 1. The highest BCUT2D eigenvalue weighted by atomic mass is 32.1. The lowest BCUT2D eigenvalue weighted by Crippen LogP contribution is -2.31. The van der Waals surface area contributed by atoms with Gasteiger partial charge in [-0.1, -0.05) is 6.92 Å². The fourth-order valence-electron chi connectivity index (χ4n) is 4.33. The summed E-state index contributed by atoms with van der Waals surface area (Å²) in [5.41, 5.74) is 7.62. The van der Waals surface area contributed by atoms with Gasteiger partial charge >= 0.3 is 0 Å². The van der Waals surface area contributed by atoms with Gasteiger partial charge in [0.1, 0.15) is 17.1 Å². The van der Waals surface area contributed by atoms with Gasteiger partial charge in [-0.05, 0) is 63.3 Å². The molecule has 1 aliphatic heterocycles. The molecule has 0 radical (unpaired) electrons. The molecule has 4 heterocycles. The van der Waals surface area contributed by atoms with Crippen LogP contribution in [0.25, 0.3) is 0 Å². The van der Waals surface area contributed by atoms with Crippen LogP contribution in [0.4, 0.5) is 10.8 Å². The van der Waals surface area contributed by atoms with E-state index >= 15 is 0 Å². The molecule has 0 atom stereocenters. The number of rotatable bonds is 6. The van der Waals surface area contributed by atoms with Gasteiger partial charge in [0, 0.05) is 49.0 Å². The van der Waals surface area contributed by atoms with E-state index in [9.17, 15) is 0 Å². The van der Waals surface area contributed by atoms with Crippen LogP contribution in [-0.2, 0) is 25.9 Å². The summed E-state index contributed by atoms with van der Waals surface area (Å²) in [5.74, 6) is 0.915. The molecule has 0 aliphatic carbocycles. The Morgan fingerprint density at radius 3 is 2.72 bits per heavy atom. The predicted molar refractivity (Wildman–Crippen MR) is 119 cm³/mol. The molecule has 0 saturated carbocycles. The van der Waals surface area contributed by atoms with Crippen molar-refractivity contribution < 1.29 is 0 Å². The average molecular weight is 411 g/mol. The summed E-state index contributed by atoms with van der Waals surface area (Å²) in [6, 6.07) is 4.94. The number of aromatic nitrogens is 4. The van der Waals surface area contributed by atoms with Gasteiger partial charge in [-0.2, -0.15) is 4.37 Å².